The minimum atomic E-state index is -1.68. The molecule has 1 aliphatic rings. The molecular weight excluding hydrogens is 234 g/mol. The summed E-state index contributed by atoms with van der Waals surface area (Å²) in [4.78, 5) is 11.1. The number of halogens is 2. The first-order valence-electron chi connectivity index (χ1n) is 5.04. The number of hydrogen-bond donors (Lipinski definition) is 3. The van der Waals surface area contributed by atoms with Gasteiger partial charge in [-0.25, -0.2) is 8.78 Å². The molecule has 92 valence electrons. The van der Waals surface area contributed by atoms with Crippen LogP contribution in [0.4, 0.5) is 8.78 Å². The van der Waals surface area contributed by atoms with Crippen molar-refractivity contribution in [1.29, 1.82) is 0 Å². The fraction of sp³-hybridized carbons (Fsp3) is 0.364. The Morgan fingerprint density at radius 3 is 1.94 bits per heavy atom. The van der Waals surface area contributed by atoms with E-state index in [0.717, 1.165) is 0 Å². The molecule has 0 spiro atoms. The maximum absolute atomic E-state index is 13.7. The minimum Gasteiger partial charge on any atom is -0.505 e. The van der Waals surface area contributed by atoms with Crippen LogP contribution in [0.2, 0.25) is 0 Å². The predicted molar refractivity (Wildman–Crippen MR) is 52.9 cm³/mol. The molecule has 0 atom stereocenters. The molecule has 2 rings (SSSR count). The Labute approximate surface area is 95.1 Å². The molecule has 0 radical (unpaired) electrons. The highest BCUT2D eigenvalue weighted by Gasteiger charge is 2.50. The van der Waals surface area contributed by atoms with Crippen molar-refractivity contribution < 1.29 is 28.9 Å². The van der Waals surface area contributed by atoms with Gasteiger partial charge in [-0.15, -0.1) is 0 Å². The summed E-state index contributed by atoms with van der Waals surface area (Å²) in [5.74, 6) is -5.89. The first-order chi connectivity index (χ1) is 7.90. The minimum absolute atomic E-state index is 0.0824. The molecule has 4 nitrogen and oxygen atoms in total. The third-order valence-electron chi connectivity index (χ3n) is 3.26. The average Bonchev–Trinajstić information content (AvgIpc) is 2.18. The zero-order chi connectivity index (χ0) is 12.8. The van der Waals surface area contributed by atoms with E-state index in [2.05, 4.69) is 0 Å². The van der Waals surface area contributed by atoms with E-state index in [4.69, 9.17) is 5.11 Å². The van der Waals surface area contributed by atoms with Crippen molar-refractivity contribution in [2.24, 2.45) is 0 Å². The van der Waals surface area contributed by atoms with Crippen LogP contribution in [0.25, 0.3) is 0 Å². The molecule has 0 heterocycles. The Morgan fingerprint density at radius 1 is 1.18 bits per heavy atom. The van der Waals surface area contributed by atoms with Crippen molar-refractivity contribution in [2.75, 3.05) is 0 Å². The Hall–Kier alpha value is -1.85. The van der Waals surface area contributed by atoms with Crippen LogP contribution in [0.3, 0.4) is 0 Å². The lowest BCUT2D eigenvalue weighted by molar-refractivity contribution is -0.147. The van der Waals surface area contributed by atoms with Crippen molar-refractivity contribution in [3.05, 3.63) is 23.3 Å². The highest BCUT2D eigenvalue weighted by atomic mass is 19.1. The number of carboxylic acid groups (broad SMARTS) is 1. The van der Waals surface area contributed by atoms with Gasteiger partial charge in [0.05, 0.1) is 5.41 Å². The number of rotatable bonds is 2. The Morgan fingerprint density at radius 2 is 1.65 bits per heavy atom. The number of phenols is 2. The highest BCUT2D eigenvalue weighted by Crippen LogP contribution is 2.48. The average molecular weight is 244 g/mol. The van der Waals surface area contributed by atoms with Gasteiger partial charge >= 0.3 is 5.97 Å². The monoisotopic (exact) mass is 244 g/mol. The molecule has 1 fully saturated rings. The molecule has 0 aromatic heterocycles. The van der Waals surface area contributed by atoms with Crippen LogP contribution < -0.4 is 0 Å². The van der Waals surface area contributed by atoms with Crippen molar-refractivity contribution in [1.82, 2.24) is 0 Å². The number of benzene rings is 1. The molecule has 1 aliphatic carbocycles. The van der Waals surface area contributed by atoms with Gasteiger partial charge in [-0.1, -0.05) is 6.42 Å². The number of aromatic hydroxyl groups is 2. The van der Waals surface area contributed by atoms with E-state index in [1.54, 1.807) is 0 Å². The van der Waals surface area contributed by atoms with Crippen LogP contribution >= 0.6 is 0 Å². The fourth-order valence-electron chi connectivity index (χ4n) is 2.13. The van der Waals surface area contributed by atoms with E-state index in [-0.39, 0.29) is 12.8 Å². The van der Waals surface area contributed by atoms with Gasteiger partial charge in [0.2, 0.25) is 0 Å². The van der Waals surface area contributed by atoms with Crippen LogP contribution in [-0.4, -0.2) is 21.3 Å². The highest BCUT2D eigenvalue weighted by molar-refractivity contribution is 5.83. The summed E-state index contributed by atoms with van der Waals surface area (Å²) in [6.07, 6.45) is 0.694. The zero-order valence-corrected chi connectivity index (χ0v) is 8.70. The van der Waals surface area contributed by atoms with Gasteiger partial charge in [-0.3, -0.25) is 4.79 Å². The predicted octanol–water partition coefficient (Wildman–Crippen LogP) is 1.88. The third-order valence-corrected chi connectivity index (χ3v) is 3.26. The second-order valence-electron chi connectivity index (χ2n) is 4.16. The molecule has 0 saturated heterocycles. The second kappa shape index (κ2) is 3.58. The molecular formula is C11H10F2O4. The van der Waals surface area contributed by atoms with Crippen LogP contribution in [0.5, 0.6) is 11.5 Å². The van der Waals surface area contributed by atoms with Crippen LogP contribution in [0.15, 0.2) is 6.07 Å². The summed E-state index contributed by atoms with van der Waals surface area (Å²) in [5.41, 5.74) is -2.43. The topological polar surface area (TPSA) is 77.8 Å². The quantitative estimate of drug-likeness (QED) is 0.742. The summed E-state index contributed by atoms with van der Waals surface area (Å²) >= 11 is 0. The normalized spacial score (nSPS) is 17.5. The van der Waals surface area contributed by atoms with Crippen LogP contribution in [-0.2, 0) is 10.2 Å². The van der Waals surface area contributed by atoms with Gasteiger partial charge in [-0.2, -0.15) is 0 Å². The first-order valence-corrected chi connectivity index (χ1v) is 5.04. The summed E-state index contributed by atoms with van der Waals surface area (Å²) < 4.78 is 27.3. The van der Waals surface area contributed by atoms with E-state index >= 15 is 0 Å². The van der Waals surface area contributed by atoms with Gasteiger partial charge in [0.1, 0.15) is 0 Å². The Balaban J connectivity index is 2.70. The van der Waals surface area contributed by atoms with Gasteiger partial charge < -0.3 is 15.3 Å². The lowest BCUT2D eigenvalue weighted by Crippen LogP contribution is -2.43. The van der Waals surface area contributed by atoms with Crippen molar-refractivity contribution in [3.8, 4) is 11.5 Å². The van der Waals surface area contributed by atoms with Crippen LogP contribution in [0, 0.1) is 11.6 Å². The Kier molecular flexibility index (Phi) is 2.45. The standard InChI is InChI=1S/C11H10F2O4/c12-8-5(14)4-6(15)9(13)7(8)11(10(16)17)2-1-3-11/h4,14-15H,1-3H2,(H,16,17). The largest absolute Gasteiger partial charge is 0.505 e. The van der Waals surface area contributed by atoms with E-state index in [0.29, 0.717) is 12.5 Å². The summed E-state index contributed by atoms with van der Waals surface area (Å²) in [5, 5.41) is 27.4. The van der Waals surface area contributed by atoms with Crippen molar-refractivity contribution in [2.45, 2.75) is 24.7 Å². The number of aliphatic carboxylic acids is 1. The lowest BCUT2D eigenvalue weighted by atomic mass is 9.64. The molecule has 1 aromatic carbocycles. The molecule has 0 aliphatic heterocycles. The van der Waals surface area contributed by atoms with E-state index < -0.39 is 40.1 Å². The number of hydrogen-bond acceptors (Lipinski definition) is 3. The van der Waals surface area contributed by atoms with Gasteiger partial charge in [0.15, 0.2) is 23.1 Å². The molecule has 0 bridgehead atoms. The summed E-state index contributed by atoms with van der Waals surface area (Å²) in [6, 6.07) is 0.516. The molecule has 6 heteroatoms. The first kappa shape index (κ1) is 11.6. The number of phenolic OH excluding ortho intramolecular Hbond substituents is 2. The molecule has 1 aromatic rings. The summed E-state index contributed by atoms with van der Waals surface area (Å²) in [6.45, 7) is 0. The maximum atomic E-state index is 13.7. The molecule has 1 saturated carbocycles. The van der Waals surface area contributed by atoms with Crippen molar-refractivity contribution >= 4 is 5.97 Å². The fourth-order valence-corrected chi connectivity index (χ4v) is 2.13. The van der Waals surface area contributed by atoms with E-state index in [9.17, 15) is 23.8 Å². The molecule has 3 N–H and O–H groups in total. The number of carbonyl (C=O) groups is 1. The third kappa shape index (κ3) is 1.44. The van der Waals surface area contributed by atoms with Gasteiger partial charge in [0, 0.05) is 11.6 Å². The van der Waals surface area contributed by atoms with E-state index in [1.165, 1.54) is 0 Å². The molecule has 0 amide bonds. The van der Waals surface area contributed by atoms with E-state index in [1.807, 2.05) is 0 Å². The SMILES string of the molecule is O=C(O)C1(c2c(F)c(O)cc(O)c2F)CCC1. The smallest absolute Gasteiger partial charge is 0.314 e. The van der Waals surface area contributed by atoms with Crippen molar-refractivity contribution in [3.63, 3.8) is 0 Å². The molecule has 17 heavy (non-hydrogen) atoms. The molecule has 0 unspecified atom stereocenters. The maximum Gasteiger partial charge on any atom is 0.314 e. The second-order valence-corrected chi connectivity index (χ2v) is 4.16. The number of carboxylic acids is 1. The summed E-state index contributed by atoms with van der Waals surface area (Å²) in [7, 11) is 0. The van der Waals surface area contributed by atoms with Gasteiger partial charge in [-0.05, 0) is 12.8 Å². The lowest BCUT2D eigenvalue weighted by Gasteiger charge is -2.38. The van der Waals surface area contributed by atoms with Crippen LogP contribution in [0.1, 0.15) is 24.8 Å². The Bertz CT molecular complexity index is 468. The zero-order valence-electron chi connectivity index (χ0n) is 8.70. The van der Waals surface area contributed by atoms with Gasteiger partial charge in [0.25, 0.3) is 0 Å².